The molecule has 0 amide bonds. The van der Waals surface area contributed by atoms with Gasteiger partial charge in [0.25, 0.3) is 0 Å². The zero-order valence-electron chi connectivity index (χ0n) is 7.74. The Kier molecular flexibility index (Phi) is 1.93. The fourth-order valence-corrected chi connectivity index (χ4v) is 1.26. The Bertz CT molecular complexity index is 406. The van der Waals surface area contributed by atoms with E-state index in [1.807, 2.05) is 32.0 Å². The molecule has 2 rings (SSSR count). The molecule has 0 aliphatic rings. The number of benzene rings is 1. The Morgan fingerprint density at radius 1 is 1.38 bits per heavy atom. The van der Waals surface area contributed by atoms with Gasteiger partial charge in [0, 0.05) is 11.5 Å². The van der Waals surface area contributed by atoms with Gasteiger partial charge >= 0.3 is 0 Å². The van der Waals surface area contributed by atoms with Crippen LogP contribution in [0.3, 0.4) is 0 Å². The van der Waals surface area contributed by atoms with Gasteiger partial charge < -0.3 is 4.74 Å². The summed E-state index contributed by atoms with van der Waals surface area (Å²) in [4.78, 5) is 0. The summed E-state index contributed by atoms with van der Waals surface area (Å²) in [5.41, 5.74) is 1.01. The second kappa shape index (κ2) is 3.09. The van der Waals surface area contributed by atoms with E-state index in [0.717, 1.165) is 16.7 Å². The zero-order valence-corrected chi connectivity index (χ0v) is 7.74. The first-order chi connectivity index (χ1) is 6.25. The molecule has 1 N–H and O–H groups in total. The number of rotatable bonds is 2. The average molecular weight is 176 g/mol. The van der Waals surface area contributed by atoms with Crippen LogP contribution in [0, 0.1) is 0 Å². The number of nitrogens with zero attached hydrogens (tertiary/aromatic N) is 1. The van der Waals surface area contributed by atoms with E-state index in [1.54, 1.807) is 6.20 Å². The molecule has 0 radical (unpaired) electrons. The molecular weight excluding hydrogens is 164 g/mol. The number of hydrogen-bond acceptors (Lipinski definition) is 2. The average Bonchev–Trinajstić information content (AvgIpc) is 2.49. The highest BCUT2D eigenvalue weighted by Gasteiger charge is 2.00. The molecule has 0 atom stereocenters. The molecule has 68 valence electrons. The van der Waals surface area contributed by atoms with Crippen LogP contribution < -0.4 is 4.74 Å². The van der Waals surface area contributed by atoms with Crippen molar-refractivity contribution in [3.05, 3.63) is 24.4 Å². The Morgan fingerprint density at radius 3 is 3.00 bits per heavy atom. The SMILES string of the molecule is CC(C)Oc1ccc2cn[nH]c2c1. The van der Waals surface area contributed by atoms with Crippen LogP contribution in [0.5, 0.6) is 5.75 Å². The van der Waals surface area contributed by atoms with Gasteiger partial charge in [-0.1, -0.05) is 0 Å². The number of hydrogen-bond donors (Lipinski definition) is 1. The lowest BCUT2D eigenvalue weighted by atomic mass is 10.2. The van der Waals surface area contributed by atoms with Gasteiger partial charge in [-0.3, -0.25) is 5.10 Å². The van der Waals surface area contributed by atoms with Crippen LogP contribution in [0.15, 0.2) is 24.4 Å². The molecule has 3 nitrogen and oxygen atoms in total. The second-order valence-corrected chi connectivity index (χ2v) is 3.29. The summed E-state index contributed by atoms with van der Waals surface area (Å²) in [6.45, 7) is 4.02. The molecule has 0 fully saturated rings. The summed E-state index contributed by atoms with van der Waals surface area (Å²) in [6.07, 6.45) is 2.01. The van der Waals surface area contributed by atoms with Crippen LogP contribution >= 0.6 is 0 Å². The molecule has 0 aliphatic carbocycles. The minimum Gasteiger partial charge on any atom is -0.491 e. The van der Waals surface area contributed by atoms with E-state index in [-0.39, 0.29) is 6.10 Å². The third kappa shape index (κ3) is 1.64. The number of H-pyrrole nitrogens is 1. The molecule has 1 heterocycles. The molecule has 1 aromatic carbocycles. The van der Waals surface area contributed by atoms with Crippen LogP contribution in [0.4, 0.5) is 0 Å². The highest BCUT2D eigenvalue weighted by atomic mass is 16.5. The van der Waals surface area contributed by atoms with Crippen LogP contribution in [0.2, 0.25) is 0 Å². The summed E-state index contributed by atoms with van der Waals surface area (Å²) >= 11 is 0. The lowest BCUT2D eigenvalue weighted by molar-refractivity contribution is 0.242. The quantitative estimate of drug-likeness (QED) is 0.762. The van der Waals surface area contributed by atoms with Gasteiger partial charge in [-0.2, -0.15) is 5.10 Å². The molecule has 1 aromatic heterocycles. The van der Waals surface area contributed by atoms with E-state index in [1.165, 1.54) is 0 Å². The smallest absolute Gasteiger partial charge is 0.121 e. The third-order valence-electron chi connectivity index (χ3n) is 1.79. The fourth-order valence-electron chi connectivity index (χ4n) is 1.26. The maximum Gasteiger partial charge on any atom is 0.121 e. The van der Waals surface area contributed by atoms with E-state index in [9.17, 15) is 0 Å². The molecule has 0 saturated carbocycles. The number of aromatic nitrogens is 2. The molecular formula is C10H12N2O. The minimum atomic E-state index is 0.209. The highest BCUT2D eigenvalue weighted by molar-refractivity contribution is 5.79. The van der Waals surface area contributed by atoms with Crippen molar-refractivity contribution in [2.45, 2.75) is 20.0 Å². The van der Waals surface area contributed by atoms with E-state index < -0.39 is 0 Å². The number of fused-ring (bicyclic) bond motifs is 1. The van der Waals surface area contributed by atoms with Gasteiger partial charge in [0.1, 0.15) is 5.75 Å². The molecule has 0 spiro atoms. The maximum atomic E-state index is 5.54. The first-order valence-corrected chi connectivity index (χ1v) is 4.35. The van der Waals surface area contributed by atoms with Crippen molar-refractivity contribution in [3.63, 3.8) is 0 Å². The third-order valence-corrected chi connectivity index (χ3v) is 1.79. The van der Waals surface area contributed by atoms with Crippen molar-refractivity contribution in [1.82, 2.24) is 10.2 Å². The number of ether oxygens (including phenoxy) is 1. The Balaban J connectivity index is 2.37. The molecule has 3 heteroatoms. The summed E-state index contributed by atoms with van der Waals surface area (Å²) in [6, 6.07) is 5.91. The molecule has 0 bridgehead atoms. The standard InChI is InChI=1S/C10H12N2O/c1-7(2)13-9-4-3-8-6-11-12-10(8)5-9/h3-7H,1-2H3,(H,11,12). The lowest BCUT2D eigenvalue weighted by Crippen LogP contribution is -2.05. The second-order valence-electron chi connectivity index (χ2n) is 3.29. The van der Waals surface area contributed by atoms with Crippen LogP contribution in [0.1, 0.15) is 13.8 Å². The van der Waals surface area contributed by atoms with Crippen molar-refractivity contribution in [2.24, 2.45) is 0 Å². The van der Waals surface area contributed by atoms with Crippen molar-refractivity contribution in [1.29, 1.82) is 0 Å². The molecule has 2 aromatic rings. The Labute approximate surface area is 76.7 Å². The van der Waals surface area contributed by atoms with E-state index >= 15 is 0 Å². The largest absolute Gasteiger partial charge is 0.491 e. The van der Waals surface area contributed by atoms with Gasteiger partial charge in [-0.15, -0.1) is 0 Å². The predicted molar refractivity (Wildman–Crippen MR) is 51.9 cm³/mol. The normalized spacial score (nSPS) is 11.0. The van der Waals surface area contributed by atoms with Gasteiger partial charge in [-0.05, 0) is 26.0 Å². The number of nitrogens with one attached hydrogen (secondary N) is 1. The van der Waals surface area contributed by atoms with Gasteiger partial charge in [-0.25, -0.2) is 0 Å². The minimum absolute atomic E-state index is 0.209. The molecule has 0 aliphatic heterocycles. The highest BCUT2D eigenvalue weighted by Crippen LogP contribution is 2.19. The first kappa shape index (κ1) is 8.10. The summed E-state index contributed by atoms with van der Waals surface area (Å²) in [5.74, 6) is 0.881. The van der Waals surface area contributed by atoms with Crippen molar-refractivity contribution in [3.8, 4) is 5.75 Å². The summed E-state index contributed by atoms with van der Waals surface area (Å²) in [5, 5.41) is 7.95. The van der Waals surface area contributed by atoms with Crippen molar-refractivity contribution >= 4 is 10.9 Å². The fraction of sp³-hybridized carbons (Fsp3) is 0.300. The van der Waals surface area contributed by atoms with E-state index in [0.29, 0.717) is 0 Å². The van der Waals surface area contributed by atoms with E-state index in [4.69, 9.17) is 4.74 Å². The van der Waals surface area contributed by atoms with Crippen LogP contribution in [0.25, 0.3) is 10.9 Å². The summed E-state index contributed by atoms with van der Waals surface area (Å²) in [7, 11) is 0. The Hall–Kier alpha value is -1.51. The lowest BCUT2D eigenvalue weighted by Gasteiger charge is -2.08. The van der Waals surface area contributed by atoms with Gasteiger partial charge in [0.2, 0.25) is 0 Å². The van der Waals surface area contributed by atoms with Crippen molar-refractivity contribution < 1.29 is 4.74 Å². The topological polar surface area (TPSA) is 37.9 Å². The van der Waals surface area contributed by atoms with Crippen LogP contribution in [-0.2, 0) is 0 Å². The molecule has 0 saturated heterocycles. The van der Waals surface area contributed by atoms with Crippen molar-refractivity contribution in [2.75, 3.05) is 0 Å². The van der Waals surface area contributed by atoms with Crippen LogP contribution in [-0.4, -0.2) is 16.3 Å². The zero-order chi connectivity index (χ0) is 9.26. The maximum absolute atomic E-state index is 5.54. The molecule has 13 heavy (non-hydrogen) atoms. The van der Waals surface area contributed by atoms with E-state index in [2.05, 4.69) is 10.2 Å². The monoisotopic (exact) mass is 176 g/mol. The predicted octanol–water partition coefficient (Wildman–Crippen LogP) is 2.35. The molecule has 0 unspecified atom stereocenters. The summed E-state index contributed by atoms with van der Waals surface area (Å²) < 4.78 is 5.54. The number of aromatic amines is 1. The Morgan fingerprint density at radius 2 is 2.23 bits per heavy atom. The first-order valence-electron chi connectivity index (χ1n) is 4.35. The van der Waals surface area contributed by atoms with Gasteiger partial charge in [0.15, 0.2) is 0 Å². The van der Waals surface area contributed by atoms with Gasteiger partial charge in [0.05, 0.1) is 17.8 Å².